The molecule has 2 aromatic rings. The maximum atomic E-state index is 12.4. The molecule has 0 radical (unpaired) electrons. The number of halogens is 4. The van der Waals surface area contributed by atoms with Gasteiger partial charge in [-0.3, -0.25) is 0 Å². The van der Waals surface area contributed by atoms with Crippen molar-refractivity contribution in [3.63, 3.8) is 0 Å². The van der Waals surface area contributed by atoms with E-state index in [2.05, 4.69) is 5.32 Å². The smallest absolute Gasteiger partial charge is 0.305 e. The van der Waals surface area contributed by atoms with E-state index in [-0.39, 0.29) is 6.04 Å². The number of benzene rings is 1. The van der Waals surface area contributed by atoms with Crippen molar-refractivity contribution < 1.29 is 13.2 Å². The number of hydrogen-bond donors (Lipinski definition) is 1. The van der Waals surface area contributed by atoms with Crippen LogP contribution in [0, 0.1) is 0 Å². The molecule has 1 aromatic carbocycles. The van der Waals surface area contributed by atoms with E-state index in [1.54, 1.807) is 0 Å². The molecule has 108 valence electrons. The molecule has 0 saturated carbocycles. The van der Waals surface area contributed by atoms with Gasteiger partial charge in [0.2, 0.25) is 0 Å². The topological polar surface area (TPSA) is 12.0 Å². The summed E-state index contributed by atoms with van der Waals surface area (Å²) in [6.45, 7) is 2.50. The molecule has 1 heterocycles. The van der Waals surface area contributed by atoms with Gasteiger partial charge in [0.1, 0.15) is 0 Å². The predicted octanol–water partition coefficient (Wildman–Crippen LogP) is 5.27. The van der Waals surface area contributed by atoms with Crippen molar-refractivity contribution in [2.75, 3.05) is 0 Å². The van der Waals surface area contributed by atoms with Crippen LogP contribution in [-0.4, -0.2) is 0 Å². The summed E-state index contributed by atoms with van der Waals surface area (Å²) < 4.78 is 38.0. The molecule has 0 bridgehead atoms. The molecule has 1 N–H and O–H groups in total. The minimum atomic E-state index is -4.28. The van der Waals surface area contributed by atoms with Crippen LogP contribution in [-0.2, 0) is 12.7 Å². The second kappa shape index (κ2) is 6.16. The zero-order valence-corrected chi connectivity index (χ0v) is 12.2. The average Bonchev–Trinajstić information content (AvgIpc) is 2.82. The monoisotopic (exact) mass is 319 g/mol. The van der Waals surface area contributed by atoms with Crippen LogP contribution in [0.2, 0.25) is 4.34 Å². The van der Waals surface area contributed by atoms with E-state index in [4.69, 9.17) is 11.6 Å². The highest BCUT2D eigenvalue weighted by molar-refractivity contribution is 7.16. The summed E-state index contributed by atoms with van der Waals surface area (Å²) in [7, 11) is 0. The summed E-state index contributed by atoms with van der Waals surface area (Å²) in [6.07, 6.45) is -4.28. The van der Waals surface area contributed by atoms with Crippen molar-refractivity contribution in [3.8, 4) is 0 Å². The van der Waals surface area contributed by atoms with Gasteiger partial charge in [0.25, 0.3) is 0 Å². The van der Waals surface area contributed by atoms with E-state index < -0.39 is 11.7 Å². The van der Waals surface area contributed by atoms with Crippen LogP contribution in [0.5, 0.6) is 0 Å². The summed E-state index contributed by atoms with van der Waals surface area (Å²) in [4.78, 5) is 1.10. The van der Waals surface area contributed by atoms with Crippen molar-refractivity contribution in [1.82, 2.24) is 5.32 Å². The molecular formula is C14H13ClF3NS. The van der Waals surface area contributed by atoms with Crippen LogP contribution >= 0.6 is 22.9 Å². The van der Waals surface area contributed by atoms with Crippen LogP contribution in [0.1, 0.15) is 29.0 Å². The largest absolute Gasteiger partial charge is 0.416 e. The van der Waals surface area contributed by atoms with Gasteiger partial charge in [0.05, 0.1) is 9.90 Å². The quantitative estimate of drug-likeness (QED) is 0.809. The average molecular weight is 320 g/mol. The number of thiophene rings is 1. The molecule has 0 aliphatic rings. The van der Waals surface area contributed by atoms with Crippen LogP contribution in [0.4, 0.5) is 13.2 Å². The van der Waals surface area contributed by atoms with E-state index in [9.17, 15) is 13.2 Å². The van der Waals surface area contributed by atoms with Gasteiger partial charge in [-0.2, -0.15) is 13.2 Å². The van der Waals surface area contributed by atoms with E-state index in [1.165, 1.54) is 23.5 Å². The third kappa shape index (κ3) is 3.98. The summed E-state index contributed by atoms with van der Waals surface area (Å²) in [5.41, 5.74) is 0.187. The fourth-order valence-electron chi connectivity index (χ4n) is 1.74. The Bertz CT molecular complexity index is 563. The Kier molecular flexibility index (Phi) is 4.73. The highest BCUT2D eigenvalue weighted by Gasteiger charge is 2.29. The fourth-order valence-corrected chi connectivity index (χ4v) is 2.83. The lowest BCUT2D eigenvalue weighted by molar-refractivity contribution is -0.137. The van der Waals surface area contributed by atoms with Crippen LogP contribution in [0.25, 0.3) is 0 Å². The zero-order valence-electron chi connectivity index (χ0n) is 10.7. The molecule has 6 heteroatoms. The summed E-state index contributed by atoms with van der Waals surface area (Å²) in [5, 5.41) is 3.26. The number of rotatable bonds is 4. The molecule has 0 aliphatic heterocycles. The Morgan fingerprint density at radius 2 is 1.80 bits per heavy atom. The van der Waals surface area contributed by atoms with Gasteiger partial charge >= 0.3 is 6.18 Å². The molecule has 1 unspecified atom stereocenters. The number of hydrogen-bond acceptors (Lipinski definition) is 2. The maximum absolute atomic E-state index is 12.4. The van der Waals surface area contributed by atoms with Crippen LogP contribution in [0.15, 0.2) is 36.4 Å². The molecule has 0 fully saturated rings. The van der Waals surface area contributed by atoms with Crippen molar-refractivity contribution in [1.29, 1.82) is 0 Å². The fraction of sp³-hybridized carbons (Fsp3) is 0.286. The first kappa shape index (κ1) is 15.4. The van der Waals surface area contributed by atoms with Crippen LogP contribution < -0.4 is 5.32 Å². The second-order valence-corrected chi connectivity index (χ2v) is 6.19. The Morgan fingerprint density at radius 3 is 2.30 bits per heavy atom. The van der Waals surface area contributed by atoms with Gasteiger partial charge in [-0.25, -0.2) is 0 Å². The highest BCUT2D eigenvalue weighted by Crippen LogP contribution is 2.29. The first-order chi connectivity index (χ1) is 9.36. The normalized spacial score (nSPS) is 13.4. The van der Waals surface area contributed by atoms with Crippen LogP contribution in [0.3, 0.4) is 0 Å². The second-order valence-electron chi connectivity index (χ2n) is 4.44. The third-order valence-electron chi connectivity index (χ3n) is 2.91. The molecule has 0 amide bonds. The lowest BCUT2D eigenvalue weighted by Gasteiger charge is -2.13. The highest BCUT2D eigenvalue weighted by atomic mass is 35.5. The molecule has 1 atom stereocenters. The lowest BCUT2D eigenvalue weighted by atomic mass is 10.1. The van der Waals surface area contributed by atoms with Gasteiger partial charge in [0, 0.05) is 17.5 Å². The van der Waals surface area contributed by atoms with Gasteiger partial charge in [-0.1, -0.05) is 23.7 Å². The van der Waals surface area contributed by atoms with Gasteiger partial charge < -0.3 is 5.32 Å². The molecule has 0 spiro atoms. The third-order valence-corrected chi connectivity index (χ3v) is 4.33. The molecule has 0 saturated heterocycles. The molecule has 0 aliphatic carbocycles. The molecule has 2 rings (SSSR count). The summed E-state index contributed by atoms with van der Waals surface area (Å²) in [5.74, 6) is 0. The SMILES string of the molecule is CC(NCc1ccc(C(F)(F)F)cc1)c1ccc(Cl)s1. The van der Waals surface area contributed by atoms with E-state index in [1.807, 2.05) is 19.1 Å². The Labute approximate surface area is 124 Å². The molecule has 1 nitrogen and oxygen atoms in total. The first-order valence-electron chi connectivity index (χ1n) is 6.01. The van der Waals surface area contributed by atoms with E-state index in [0.29, 0.717) is 6.54 Å². The lowest BCUT2D eigenvalue weighted by Crippen LogP contribution is -2.17. The molecular weight excluding hydrogens is 307 g/mol. The number of nitrogens with one attached hydrogen (secondary N) is 1. The van der Waals surface area contributed by atoms with Crippen molar-refractivity contribution in [2.45, 2.75) is 25.7 Å². The minimum Gasteiger partial charge on any atom is -0.305 e. The maximum Gasteiger partial charge on any atom is 0.416 e. The van der Waals surface area contributed by atoms with Crippen molar-refractivity contribution in [2.24, 2.45) is 0 Å². The van der Waals surface area contributed by atoms with Crippen molar-refractivity contribution >= 4 is 22.9 Å². The van der Waals surface area contributed by atoms with E-state index in [0.717, 1.165) is 26.9 Å². The van der Waals surface area contributed by atoms with Gasteiger partial charge in [-0.05, 0) is 36.8 Å². The zero-order chi connectivity index (χ0) is 14.8. The Hall–Kier alpha value is -1.04. The minimum absolute atomic E-state index is 0.106. The Balaban J connectivity index is 1.94. The Morgan fingerprint density at radius 1 is 1.15 bits per heavy atom. The summed E-state index contributed by atoms with van der Waals surface area (Å²) in [6, 6.07) is 9.06. The molecule has 1 aromatic heterocycles. The predicted molar refractivity (Wildman–Crippen MR) is 76.0 cm³/mol. The standard InChI is InChI=1S/C14H13ClF3NS/c1-9(12-6-7-13(15)20-12)19-8-10-2-4-11(5-3-10)14(16,17)18/h2-7,9,19H,8H2,1H3. The van der Waals surface area contributed by atoms with Crippen molar-refractivity contribution in [3.05, 3.63) is 56.7 Å². The van der Waals surface area contributed by atoms with Gasteiger partial charge in [-0.15, -0.1) is 11.3 Å². The van der Waals surface area contributed by atoms with Gasteiger partial charge in [0.15, 0.2) is 0 Å². The van der Waals surface area contributed by atoms with E-state index >= 15 is 0 Å². The summed E-state index contributed by atoms with van der Waals surface area (Å²) >= 11 is 7.36. The number of alkyl halides is 3. The first-order valence-corrected chi connectivity index (χ1v) is 7.20. The molecule has 20 heavy (non-hydrogen) atoms.